The zero-order valence-corrected chi connectivity index (χ0v) is 13.2. The van der Waals surface area contributed by atoms with Crippen molar-refractivity contribution < 1.29 is 9.53 Å². The molecule has 0 aliphatic heterocycles. The summed E-state index contributed by atoms with van der Waals surface area (Å²) in [7, 11) is 1.65. The van der Waals surface area contributed by atoms with Crippen LogP contribution in [0.2, 0.25) is 0 Å². The van der Waals surface area contributed by atoms with Gasteiger partial charge in [0.2, 0.25) is 0 Å². The first-order valence-corrected chi connectivity index (χ1v) is 7.45. The number of anilines is 1. The molecule has 5 heteroatoms. The van der Waals surface area contributed by atoms with Gasteiger partial charge in [-0.2, -0.15) is 0 Å². The molecule has 0 aliphatic rings. The van der Waals surface area contributed by atoms with Crippen molar-refractivity contribution in [1.29, 1.82) is 0 Å². The Balaban J connectivity index is 1.87. The van der Waals surface area contributed by atoms with E-state index in [2.05, 4.69) is 22.2 Å². The molecule has 0 saturated carbocycles. The number of hydrogen-bond acceptors (Lipinski definition) is 4. The molecule has 120 valence electrons. The van der Waals surface area contributed by atoms with E-state index in [1.54, 1.807) is 31.5 Å². The molecule has 0 aliphatic carbocycles. The Morgan fingerprint density at radius 3 is 2.78 bits per heavy atom. The summed E-state index contributed by atoms with van der Waals surface area (Å²) >= 11 is 0. The molecule has 1 aromatic carbocycles. The summed E-state index contributed by atoms with van der Waals surface area (Å²) in [6.45, 7) is 4.76. The van der Waals surface area contributed by atoms with Crippen molar-refractivity contribution in [3.8, 4) is 5.75 Å². The Hall–Kier alpha value is -2.82. The average Bonchev–Trinajstić information content (AvgIpc) is 2.60. The van der Waals surface area contributed by atoms with Crippen molar-refractivity contribution >= 4 is 11.7 Å². The Morgan fingerprint density at radius 2 is 2.09 bits per heavy atom. The molecule has 0 fully saturated rings. The number of aromatic nitrogens is 1. The largest absolute Gasteiger partial charge is 0.497 e. The number of pyridine rings is 1. The van der Waals surface area contributed by atoms with Crippen LogP contribution in [0.4, 0.5) is 5.82 Å². The maximum atomic E-state index is 11.9. The predicted octanol–water partition coefficient (Wildman–Crippen LogP) is 2.66. The molecule has 0 radical (unpaired) electrons. The van der Waals surface area contributed by atoms with E-state index in [4.69, 9.17) is 4.74 Å². The smallest absolute Gasteiger partial charge is 0.251 e. The number of carbonyl (C=O) groups excluding carboxylic acids is 1. The Morgan fingerprint density at radius 1 is 1.30 bits per heavy atom. The first kappa shape index (κ1) is 16.5. The number of methoxy groups -OCH3 is 1. The number of hydrogen-bond donors (Lipinski definition) is 2. The molecule has 1 heterocycles. The third kappa shape index (κ3) is 5.14. The van der Waals surface area contributed by atoms with Crippen LogP contribution in [0.5, 0.6) is 5.75 Å². The van der Waals surface area contributed by atoms with E-state index in [0.717, 1.165) is 18.7 Å². The molecule has 5 nitrogen and oxygen atoms in total. The molecule has 1 amide bonds. The van der Waals surface area contributed by atoms with Crippen LogP contribution in [0.25, 0.3) is 0 Å². The van der Waals surface area contributed by atoms with Gasteiger partial charge < -0.3 is 15.4 Å². The second kappa shape index (κ2) is 8.58. The standard InChI is InChI=1S/C18H21N3O2/c1-3-10-21-18(22)15-9-12-20-17(13-15)19-11-8-14-4-6-16(23-2)7-5-14/h3-7,9,12-13H,1,8,10-11H2,2H3,(H,19,20)(H,21,22). The summed E-state index contributed by atoms with van der Waals surface area (Å²) in [5.41, 5.74) is 1.78. The molecule has 0 bridgehead atoms. The molecule has 2 N–H and O–H groups in total. The lowest BCUT2D eigenvalue weighted by Crippen LogP contribution is -2.23. The molecule has 2 rings (SSSR count). The van der Waals surface area contributed by atoms with Gasteiger partial charge in [-0.1, -0.05) is 18.2 Å². The quantitative estimate of drug-likeness (QED) is 0.736. The molecule has 0 atom stereocenters. The van der Waals surface area contributed by atoms with Gasteiger partial charge in [0.15, 0.2) is 0 Å². The van der Waals surface area contributed by atoms with E-state index in [9.17, 15) is 4.79 Å². The fourth-order valence-electron chi connectivity index (χ4n) is 2.06. The van der Waals surface area contributed by atoms with Crippen molar-refractivity contribution in [2.45, 2.75) is 6.42 Å². The van der Waals surface area contributed by atoms with Gasteiger partial charge in [-0.15, -0.1) is 6.58 Å². The summed E-state index contributed by atoms with van der Waals surface area (Å²) in [4.78, 5) is 16.1. The van der Waals surface area contributed by atoms with Gasteiger partial charge in [0, 0.05) is 24.8 Å². The second-order valence-electron chi connectivity index (χ2n) is 4.95. The highest BCUT2D eigenvalue weighted by molar-refractivity contribution is 5.94. The van der Waals surface area contributed by atoms with Gasteiger partial charge in [0.05, 0.1) is 7.11 Å². The highest BCUT2D eigenvalue weighted by atomic mass is 16.5. The van der Waals surface area contributed by atoms with E-state index in [1.165, 1.54) is 5.56 Å². The Kier molecular flexibility index (Phi) is 6.17. The average molecular weight is 311 g/mol. The van der Waals surface area contributed by atoms with Crippen LogP contribution in [-0.4, -0.2) is 31.1 Å². The minimum absolute atomic E-state index is 0.134. The van der Waals surface area contributed by atoms with Gasteiger partial charge >= 0.3 is 0 Å². The van der Waals surface area contributed by atoms with Crippen LogP contribution in [0, 0.1) is 0 Å². The van der Waals surface area contributed by atoms with E-state index in [1.807, 2.05) is 24.3 Å². The highest BCUT2D eigenvalue weighted by Crippen LogP contribution is 2.12. The van der Waals surface area contributed by atoms with Gasteiger partial charge in [-0.05, 0) is 36.2 Å². The first-order valence-electron chi connectivity index (χ1n) is 7.45. The molecule has 23 heavy (non-hydrogen) atoms. The summed E-state index contributed by atoms with van der Waals surface area (Å²) in [5.74, 6) is 1.40. The normalized spacial score (nSPS) is 9.96. The number of rotatable bonds is 8. The number of benzene rings is 1. The van der Waals surface area contributed by atoms with E-state index in [0.29, 0.717) is 17.9 Å². The van der Waals surface area contributed by atoms with Gasteiger partial charge in [0.1, 0.15) is 11.6 Å². The maximum absolute atomic E-state index is 11.9. The number of nitrogens with one attached hydrogen (secondary N) is 2. The maximum Gasteiger partial charge on any atom is 0.251 e. The van der Waals surface area contributed by atoms with Gasteiger partial charge in [0.25, 0.3) is 5.91 Å². The van der Waals surface area contributed by atoms with Crippen molar-refractivity contribution in [2.24, 2.45) is 0 Å². The van der Waals surface area contributed by atoms with Gasteiger partial charge in [-0.25, -0.2) is 4.98 Å². The minimum Gasteiger partial charge on any atom is -0.497 e. The zero-order valence-electron chi connectivity index (χ0n) is 13.2. The first-order chi connectivity index (χ1) is 11.2. The number of ether oxygens (including phenoxy) is 1. The number of carbonyl (C=O) groups is 1. The molecule has 0 unspecified atom stereocenters. The minimum atomic E-state index is -0.134. The summed E-state index contributed by atoms with van der Waals surface area (Å²) in [6, 6.07) is 11.4. The predicted molar refractivity (Wildman–Crippen MR) is 92.0 cm³/mol. The zero-order chi connectivity index (χ0) is 16.5. The molecule has 0 spiro atoms. The van der Waals surface area contributed by atoms with E-state index >= 15 is 0 Å². The summed E-state index contributed by atoms with van der Waals surface area (Å²) in [6.07, 6.45) is 4.13. The van der Waals surface area contributed by atoms with Gasteiger partial charge in [-0.3, -0.25) is 4.79 Å². The Bertz CT molecular complexity index is 654. The molecular weight excluding hydrogens is 290 g/mol. The fraction of sp³-hybridized carbons (Fsp3) is 0.222. The number of amides is 1. The second-order valence-corrected chi connectivity index (χ2v) is 4.95. The molecule has 0 saturated heterocycles. The summed E-state index contributed by atoms with van der Waals surface area (Å²) < 4.78 is 5.14. The van der Waals surface area contributed by atoms with Crippen molar-refractivity contribution in [3.63, 3.8) is 0 Å². The monoisotopic (exact) mass is 311 g/mol. The SMILES string of the molecule is C=CCNC(=O)c1ccnc(NCCc2ccc(OC)cc2)c1. The lowest BCUT2D eigenvalue weighted by molar-refractivity contribution is 0.0958. The molecule has 2 aromatic rings. The van der Waals surface area contributed by atoms with Crippen LogP contribution in [0.15, 0.2) is 55.3 Å². The Labute approximate surface area is 136 Å². The lowest BCUT2D eigenvalue weighted by atomic mass is 10.1. The van der Waals surface area contributed by atoms with Crippen LogP contribution in [0.1, 0.15) is 15.9 Å². The van der Waals surface area contributed by atoms with Crippen LogP contribution >= 0.6 is 0 Å². The highest BCUT2D eigenvalue weighted by Gasteiger charge is 2.05. The summed E-state index contributed by atoms with van der Waals surface area (Å²) in [5, 5.41) is 5.97. The van der Waals surface area contributed by atoms with Crippen molar-refractivity contribution in [2.75, 3.05) is 25.5 Å². The third-order valence-corrected chi connectivity index (χ3v) is 3.31. The molecular formula is C18H21N3O2. The van der Waals surface area contributed by atoms with E-state index < -0.39 is 0 Å². The topological polar surface area (TPSA) is 63.2 Å². The van der Waals surface area contributed by atoms with Crippen LogP contribution < -0.4 is 15.4 Å². The number of nitrogens with zero attached hydrogens (tertiary/aromatic N) is 1. The third-order valence-electron chi connectivity index (χ3n) is 3.31. The van der Waals surface area contributed by atoms with E-state index in [-0.39, 0.29) is 5.91 Å². The lowest BCUT2D eigenvalue weighted by Gasteiger charge is -2.08. The van der Waals surface area contributed by atoms with Crippen LogP contribution in [-0.2, 0) is 6.42 Å². The van der Waals surface area contributed by atoms with Crippen LogP contribution in [0.3, 0.4) is 0 Å². The van der Waals surface area contributed by atoms with Crippen molar-refractivity contribution in [1.82, 2.24) is 10.3 Å². The fourth-order valence-corrected chi connectivity index (χ4v) is 2.06. The van der Waals surface area contributed by atoms with Crippen molar-refractivity contribution in [3.05, 3.63) is 66.4 Å². The molecule has 1 aromatic heterocycles.